The summed E-state index contributed by atoms with van der Waals surface area (Å²) in [6.45, 7) is 2.61. The lowest BCUT2D eigenvalue weighted by Crippen LogP contribution is -2.36. The molecule has 0 aliphatic heterocycles. The van der Waals surface area contributed by atoms with Crippen molar-refractivity contribution >= 4 is 22.5 Å². The molecule has 1 aromatic rings. The molecule has 124 valence electrons. The van der Waals surface area contributed by atoms with Gasteiger partial charge in [0.2, 0.25) is 5.91 Å². The van der Waals surface area contributed by atoms with Gasteiger partial charge in [-0.05, 0) is 42.1 Å². The first kappa shape index (κ1) is 18.8. The van der Waals surface area contributed by atoms with Gasteiger partial charge in [0.1, 0.15) is 11.5 Å². The summed E-state index contributed by atoms with van der Waals surface area (Å²) in [5.74, 6) is 1.53. The number of benzene rings is 1. The zero-order chi connectivity index (χ0) is 16.4. The van der Waals surface area contributed by atoms with E-state index in [0.29, 0.717) is 18.8 Å². The third-order valence-electron chi connectivity index (χ3n) is 2.82. The van der Waals surface area contributed by atoms with Crippen molar-refractivity contribution in [3.05, 3.63) is 24.3 Å². The van der Waals surface area contributed by atoms with Gasteiger partial charge in [0.25, 0.3) is 0 Å². The fourth-order valence-electron chi connectivity index (χ4n) is 1.64. The van der Waals surface area contributed by atoms with Gasteiger partial charge in [-0.3, -0.25) is 4.79 Å². The van der Waals surface area contributed by atoms with Gasteiger partial charge in [-0.15, -0.1) is 0 Å². The average Bonchev–Trinajstić information content (AvgIpc) is 2.50. The van der Waals surface area contributed by atoms with Crippen molar-refractivity contribution in [3.8, 4) is 5.75 Å². The minimum Gasteiger partial charge on any atom is -0.848 e. The number of nitrogens with one attached hydrogen (secondary N) is 1. The number of amides is 1. The summed E-state index contributed by atoms with van der Waals surface area (Å²) < 4.78 is 10.4. The molecule has 1 rings (SSSR count). The van der Waals surface area contributed by atoms with E-state index in [1.807, 2.05) is 6.92 Å². The first-order valence-electron chi connectivity index (χ1n) is 7.31. The number of hydrogen-bond acceptors (Lipinski definition) is 4. The van der Waals surface area contributed by atoms with Crippen LogP contribution in [-0.4, -0.2) is 50.1 Å². The molecule has 0 radical (unpaired) electrons. The number of carbonyl (C=O) groups excluding carboxylic acids is 1. The second-order valence-corrected chi connectivity index (χ2v) is 7.48. The van der Waals surface area contributed by atoms with E-state index in [2.05, 4.69) is 17.8 Å². The van der Waals surface area contributed by atoms with Crippen molar-refractivity contribution in [1.29, 1.82) is 0 Å². The molecule has 0 heterocycles. The van der Waals surface area contributed by atoms with Crippen molar-refractivity contribution in [2.75, 3.05) is 43.4 Å². The van der Waals surface area contributed by atoms with Crippen LogP contribution in [0, 0.1) is 0 Å². The van der Waals surface area contributed by atoms with Crippen molar-refractivity contribution in [1.82, 2.24) is 0 Å². The molecule has 0 aliphatic rings. The number of hydrogen-bond donors (Lipinski definition) is 1. The third kappa shape index (κ3) is 8.26. The highest BCUT2D eigenvalue weighted by Gasteiger charge is 2.08. The molecular formula is C16H25NO4S. The van der Waals surface area contributed by atoms with Crippen molar-refractivity contribution in [3.63, 3.8) is 0 Å². The molecule has 22 heavy (non-hydrogen) atoms. The molecule has 1 N–H and O–H groups in total. The van der Waals surface area contributed by atoms with Gasteiger partial charge in [-0.1, -0.05) is 6.10 Å². The Morgan fingerprint density at radius 2 is 1.95 bits per heavy atom. The summed E-state index contributed by atoms with van der Waals surface area (Å²) in [6.07, 6.45) is 3.88. The van der Waals surface area contributed by atoms with Gasteiger partial charge in [-0.2, -0.15) is 0 Å². The minimum atomic E-state index is -0.892. The predicted octanol–water partition coefficient (Wildman–Crippen LogP) is 1.04. The van der Waals surface area contributed by atoms with Crippen LogP contribution in [0.4, 0.5) is 5.69 Å². The topological polar surface area (TPSA) is 70.6 Å². The average molecular weight is 327 g/mol. The minimum absolute atomic E-state index is 0.0196. The smallest absolute Gasteiger partial charge is 0.229 e. The summed E-state index contributed by atoms with van der Waals surface area (Å²) in [6, 6.07) is 7.03. The molecule has 0 aliphatic carbocycles. The van der Waals surface area contributed by atoms with E-state index in [9.17, 15) is 9.90 Å². The third-order valence-corrected chi connectivity index (χ3v) is 3.84. The van der Waals surface area contributed by atoms with E-state index < -0.39 is 6.10 Å². The molecule has 0 fully saturated rings. The lowest BCUT2D eigenvalue weighted by molar-refractivity contribution is -0.430. The monoisotopic (exact) mass is 327 g/mol. The first-order valence-corrected chi connectivity index (χ1v) is 9.52. The predicted molar refractivity (Wildman–Crippen MR) is 89.5 cm³/mol. The largest absolute Gasteiger partial charge is 0.848 e. The molecule has 0 saturated carbocycles. The maximum Gasteiger partial charge on any atom is 0.229 e. The van der Waals surface area contributed by atoms with E-state index >= 15 is 0 Å². The lowest BCUT2D eigenvalue weighted by atomic mass is 10.3. The summed E-state index contributed by atoms with van der Waals surface area (Å²) in [4.78, 5) is 11.7. The van der Waals surface area contributed by atoms with Gasteiger partial charge in [0.15, 0.2) is 0 Å². The van der Waals surface area contributed by atoms with Gasteiger partial charge in [0.05, 0.1) is 25.5 Å². The van der Waals surface area contributed by atoms with Crippen LogP contribution in [-0.2, 0) is 20.4 Å². The van der Waals surface area contributed by atoms with E-state index in [0.717, 1.165) is 11.4 Å². The molecule has 6 heteroatoms. The van der Waals surface area contributed by atoms with E-state index in [1.54, 1.807) is 24.3 Å². The van der Waals surface area contributed by atoms with Crippen LogP contribution in [0.1, 0.15) is 13.3 Å². The molecular weight excluding hydrogens is 302 g/mol. The molecule has 0 aromatic heterocycles. The summed E-state index contributed by atoms with van der Waals surface area (Å²) in [5, 5.41) is 14.3. The standard InChI is InChI=1S/C16H25NO4S/c1-4-20-11-14(18)12-21-15-7-5-13(6-8-15)17-16(19)9-10-22(2)3/h5-8,14H,4,9-12H2,1-3H3,(H,17,19). The zero-order valence-electron chi connectivity index (χ0n) is 13.5. The van der Waals surface area contributed by atoms with Crippen LogP contribution in [0.3, 0.4) is 0 Å². The Bertz CT molecular complexity index is 436. The second-order valence-electron chi connectivity index (χ2n) is 5.10. The molecule has 1 atom stereocenters. The first-order chi connectivity index (χ1) is 10.5. The maximum absolute atomic E-state index is 11.7. The van der Waals surface area contributed by atoms with Crippen molar-refractivity contribution < 1.29 is 19.4 Å². The van der Waals surface area contributed by atoms with E-state index in [-0.39, 0.29) is 30.0 Å². The fraction of sp³-hybridized carbons (Fsp3) is 0.562. The second kappa shape index (κ2) is 10.5. The van der Waals surface area contributed by atoms with E-state index in [4.69, 9.17) is 9.47 Å². The molecule has 1 amide bonds. The van der Waals surface area contributed by atoms with Crippen LogP contribution >= 0.6 is 0 Å². The Hall–Kier alpha value is -1.24. The normalized spacial score (nSPS) is 12.2. The van der Waals surface area contributed by atoms with Gasteiger partial charge in [-0.25, -0.2) is 0 Å². The van der Waals surface area contributed by atoms with Crippen molar-refractivity contribution in [2.24, 2.45) is 0 Å². The quantitative estimate of drug-likeness (QED) is 0.652. The van der Waals surface area contributed by atoms with Gasteiger partial charge in [0, 0.05) is 18.9 Å². The highest BCUT2D eigenvalue weighted by Crippen LogP contribution is 2.16. The number of ether oxygens (including phenoxy) is 2. The van der Waals surface area contributed by atoms with Crippen molar-refractivity contribution in [2.45, 2.75) is 19.4 Å². The lowest BCUT2D eigenvalue weighted by Gasteiger charge is -2.21. The highest BCUT2D eigenvalue weighted by atomic mass is 32.2. The Balaban J connectivity index is 2.34. The molecule has 0 saturated heterocycles. The van der Waals surface area contributed by atoms with Crippen LogP contribution < -0.4 is 15.2 Å². The van der Waals surface area contributed by atoms with Gasteiger partial charge < -0.3 is 19.9 Å². The summed E-state index contributed by atoms with van der Waals surface area (Å²) in [7, 11) is 0.272. The van der Waals surface area contributed by atoms with Crippen LogP contribution in [0.25, 0.3) is 0 Å². The Morgan fingerprint density at radius 1 is 1.27 bits per heavy atom. The maximum atomic E-state index is 11.7. The van der Waals surface area contributed by atoms with Crippen LogP contribution in [0.5, 0.6) is 5.75 Å². The van der Waals surface area contributed by atoms with Gasteiger partial charge >= 0.3 is 0 Å². The molecule has 5 nitrogen and oxygen atoms in total. The fourth-order valence-corrected chi connectivity index (χ4v) is 2.24. The Kier molecular flexibility index (Phi) is 8.96. The molecule has 0 bridgehead atoms. The van der Waals surface area contributed by atoms with Crippen LogP contribution in [0.2, 0.25) is 0 Å². The van der Waals surface area contributed by atoms with E-state index in [1.165, 1.54) is 0 Å². The Labute approximate surface area is 135 Å². The molecule has 1 aromatic carbocycles. The number of rotatable bonds is 10. The Morgan fingerprint density at radius 3 is 2.55 bits per heavy atom. The highest BCUT2D eigenvalue weighted by molar-refractivity contribution is 7.95. The molecule has 1 unspecified atom stereocenters. The summed E-state index contributed by atoms with van der Waals surface area (Å²) in [5.41, 5.74) is 0.734. The number of anilines is 1. The molecule has 0 spiro atoms. The van der Waals surface area contributed by atoms with Crippen LogP contribution in [0.15, 0.2) is 24.3 Å². The number of carbonyl (C=O) groups is 1. The zero-order valence-corrected chi connectivity index (χ0v) is 14.3. The SMILES string of the molecule is CCOCC([O-])COc1ccc(NC(=O)CC[S+](C)C)cc1. The summed E-state index contributed by atoms with van der Waals surface area (Å²) >= 11 is 0.